The van der Waals surface area contributed by atoms with Crippen LogP contribution in [0.3, 0.4) is 0 Å². The molecule has 0 spiro atoms. The molecule has 2 amide bonds. The van der Waals surface area contributed by atoms with Gasteiger partial charge in [-0.25, -0.2) is 26.4 Å². The molecule has 0 unspecified atom stereocenters. The van der Waals surface area contributed by atoms with Crippen LogP contribution in [-0.4, -0.2) is 106 Å². The Morgan fingerprint density at radius 2 is 1.75 bits per heavy atom. The van der Waals surface area contributed by atoms with Gasteiger partial charge in [0.25, 0.3) is 0 Å². The molecule has 1 saturated carbocycles. The van der Waals surface area contributed by atoms with Crippen LogP contribution in [0.15, 0.2) is 83.4 Å². The first kappa shape index (κ1) is 39.8. The Kier molecular flexibility index (Phi) is 11.5. The van der Waals surface area contributed by atoms with Crippen LogP contribution in [-0.2, 0) is 24.8 Å². The number of halogens is 3. The Labute approximate surface area is 326 Å². The van der Waals surface area contributed by atoms with Crippen LogP contribution in [0.1, 0.15) is 44.1 Å². The van der Waals surface area contributed by atoms with Gasteiger partial charge in [-0.3, -0.25) is 14.7 Å². The zero-order valence-corrected chi connectivity index (χ0v) is 32.4. The highest BCUT2D eigenvalue weighted by Crippen LogP contribution is 2.52. The van der Waals surface area contributed by atoms with E-state index in [1.54, 1.807) is 17.0 Å². The van der Waals surface area contributed by atoms with E-state index in [1.807, 2.05) is 6.07 Å². The van der Waals surface area contributed by atoms with Gasteiger partial charge in [0.15, 0.2) is 5.67 Å². The van der Waals surface area contributed by atoms with E-state index in [0.29, 0.717) is 13.1 Å². The number of aromatic nitrogens is 1. The van der Waals surface area contributed by atoms with Crippen molar-refractivity contribution in [2.45, 2.75) is 65.4 Å². The van der Waals surface area contributed by atoms with Gasteiger partial charge in [0.2, 0.25) is 15.7 Å². The maximum absolute atomic E-state index is 16.3. The average molecular weight is 795 g/mol. The lowest BCUT2D eigenvalue weighted by molar-refractivity contribution is -0.111. The number of likely N-dealkylation sites (tertiary alicyclic amines) is 2. The van der Waals surface area contributed by atoms with E-state index >= 15 is 8.78 Å². The van der Waals surface area contributed by atoms with Gasteiger partial charge >= 0.3 is 6.09 Å². The Morgan fingerprint density at radius 1 is 0.982 bits per heavy atom. The number of piperidine rings is 1. The molecule has 3 aliphatic heterocycles. The van der Waals surface area contributed by atoms with Crippen LogP contribution < -0.4 is 15.5 Å². The number of nitrogens with zero attached hydrogens (tertiary/aromatic N) is 4. The monoisotopic (exact) mass is 794 g/mol. The van der Waals surface area contributed by atoms with Gasteiger partial charge < -0.3 is 25.2 Å². The number of anilines is 2. The summed E-state index contributed by atoms with van der Waals surface area (Å²) in [7, 11) is -2.82. The third-order valence-electron chi connectivity index (χ3n) is 12.3. The van der Waals surface area contributed by atoms with Gasteiger partial charge in [-0.2, -0.15) is 0 Å². The molecule has 0 bridgehead atoms. The summed E-state index contributed by atoms with van der Waals surface area (Å²) in [5.74, 6) is -1.39. The number of alkyl carbamates (subject to hydrolysis) is 1. The van der Waals surface area contributed by atoms with E-state index < -0.39 is 38.7 Å². The van der Waals surface area contributed by atoms with E-state index in [2.05, 4.69) is 32.0 Å². The average Bonchev–Trinajstić information content (AvgIpc) is 3.62. The van der Waals surface area contributed by atoms with Gasteiger partial charge in [-0.15, -0.1) is 0 Å². The Morgan fingerprint density at radius 3 is 2.41 bits per heavy atom. The van der Waals surface area contributed by atoms with Crippen LogP contribution in [0.5, 0.6) is 0 Å². The molecular weight excluding hydrogens is 746 g/mol. The number of alkyl halides is 1. The molecule has 7 rings (SSSR count). The second-order valence-corrected chi connectivity index (χ2v) is 17.7. The van der Waals surface area contributed by atoms with E-state index in [0.717, 1.165) is 82.1 Å². The standard InChI is InChI=1S/C41H49F3N6O5S/c1-3-38(51)46-31-20-33(23-45-22-31)56(53,54)32-11-12-37(35(43)21-32)50-25-40(44,26-50)24-49-17-13-28(14-18-49)41(27-48-15-6-16-48,29-7-4-8-30(42)19-29)34-9-5-10-36(34)47-39(52)55-2/h3-4,7-8,11-12,19-23,28,34,36H,1,5-6,9-10,13-18,24-27H2,2H3,(H,46,51)(H,47,52)/t34-,36-,41-/m0/s1. The minimum Gasteiger partial charge on any atom is -0.453 e. The van der Waals surface area contributed by atoms with Crippen molar-refractivity contribution in [2.24, 2.45) is 11.8 Å². The summed E-state index contributed by atoms with van der Waals surface area (Å²) < 4.78 is 78.4. The first-order valence-electron chi connectivity index (χ1n) is 19.3. The number of amides is 2. The van der Waals surface area contributed by atoms with Crippen LogP contribution in [0.4, 0.5) is 29.3 Å². The molecular formula is C41H49F3N6O5S. The topological polar surface area (TPSA) is 124 Å². The molecule has 3 saturated heterocycles. The smallest absolute Gasteiger partial charge is 0.407 e. The summed E-state index contributed by atoms with van der Waals surface area (Å²) in [6.07, 6.45) is 8.28. The molecule has 4 aliphatic rings. The number of hydrogen-bond donors (Lipinski definition) is 2. The van der Waals surface area contributed by atoms with E-state index in [4.69, 9.17) is 4.74 Å². The largest absolute Gasteiger partial charge is 0.453 e. The quantitative estimate of drug-likeness (QED) is 0.209. The summed E-state index contributed by atoms with van der Waals surface area (Å²) in [4.78, 5) is 33.7. The fraction of sp³-hybridized carbons (Fsp3) is 0.488. The van der Waals surface area contributed by atoms with Gasteiger partial charge in [-0.05, 0) is 118 Å². The van der Waals surface area contributed by atoms with Crippen molar-refractivity contribution >= 4 is 33.2 Å². The van der Waals surface area contributed by atoms with E-state index in [-0.39, 0.29) is 64.5 Å². The fourth-order valence-corrected chi connectivity index (χ4v) is 10.8. The first-order valence-corrected chi connectivity index (χ1v) is 20.7. The van der Waals surface area contributed by atoms with E-state index in [1.165, 1.54) is 37.6 Å². The van der Waals surface area contributed by atoms with Crippen LogP contribution in [0.2, 0.25) is 0 Å². The maximum Gasteiger partial charge on any atom is 0.407 e. The second-order valence-electron chi connectivity index (χ2n) is 15.7. The Bertz CT molecular complexity index is 2050. The first-order chi connectivity index (χ1) is 26.8. The lowest BCUT2D eigenvalue weighted by Crippen LogP contribution is -2.65. The van der Waals surface area contributed by atoms with Crippen LogP contribution >= 0.6 is 0 Å². The molecule has 2 N–H and O–H groups in total. The number of sulfone groups is 1. The number of benzene rings is 2. The number of carbonyl (C=O) groups excluding carboxylic acids is 2. The molecule has 2 aromatic carbocycles. The summed E-state index contributed by atoms with van der Waals surface area (Å²) in [6, 6.07) is 11.6. The van der Waals surface area contributed by atoms with Crippen molar-refractivity contribution in [1.29, 1.82) is 0 Å². The number of rotatable bonds is 13. The molecule has 3 aromatic rings. The van der Waals surface area contributed by atoms with Crippen LogP contribution in [0, 0.1) is 23.5 Å². The zero-order valence-electron chi connectivity index (χ0n) is 31.6. The molecule has 11 nitrogen and oxygen atoms in total. The fourth-order valence-electron chi connectivity index (χ4n) is 9.53. The number of pyridine rings is 1. The molecule has 3 atom stereocenters. The molecule has 15 heteroatoms. The third kappa shape index (κ3) is 8.03. The Balaban J connectivity index is 1.03. The number of methoxy groups -OCH3 is 1. The van der Waals surface area contributed by atoms with Gasteiger partial charge in [0.05, 0.1) is 47.6 Å². The second kappa shape index (κ2) is 16.2. The van der Waals surface area contributed by atoms with Crippen molar-refractivity contribution in [1.82, 2.24) is 20.1 Å². The molecule has 4 fully saturated rings. The minimum absolute atomic E-state index is 0.0456. The maximum atomic E-state index is 16.3. The van der Waals surface area contributed by atoms with Crippen molar-refractivity contribution in [2.75, 3.05) is 69.7 Å². The highest BCUT2D eigenvalue weighted by atomic mass is 32.2. The number of nitrogens with one attached hydrogen (secondary N) is 2. The summed E-state index contributed by atoms with van der Waals surface area (Å²) in [6.45, 7) is 7.44. The lowest BCUT2D eigenvalue weighted by Gasteiger charge is -2.54. The minimum atomic E-state index is -4.18. The highest BCUT2D eigenvalue weighted by molar-refractivity contribution is 7.91. The summed E-state index contributed by atoms with van der Waals surface area (Å²) in [5.41, 5.74) is -0.825. The predicted molar refractivity (Wildman–Crippen MR) is 206 cm³/mol. The Hall–Kier alpha value is -4.47. The summed E-state index contributed by atoms with van der Waals surface area (Å²) >= 11 is 0. The van der Waals surface area contributed by atoms with Gasteiger partial charge in [0, 0.05) is 30.7 Å². The van der Waals surface area contributed by atoms with E-state index in [9.17, 15) is 22.4 Å². The van der Waals surface area contributed by atoms with Crippen LogP contribution in [0.25, 0.3) is 0 Å². The summed E-state index contributed by atoms with van der Waals surface area (Å²) in [5, 5.41) is 5.57. The lowest BCUT2D eigenvalue weighted by atomic mass is 9.57. The SMILES string of the molecule is C=CC(=O)Nc1cncc(S(=O)(=O)c2ccc(N3CC(F)(CN4CCC([C@@](CN5CCC5)(c5cccc(F)c5)[C@H]5CCC[C@@H]5NC(=O)OC)CC4)C3)c(F)c2)c1. The molecule has 4 heterocycles. The molecule has 1 aromatic heterocycles. The third-order valence-corrected chi connectivity index (χ3v) is 14.0. The zero-order chi connectivity index (χ0) is 39.7. The normalized spacial score (nSPS) is 22.7. The highest BCUT2D eigenvalue weighted by Gasteiger charge is 2.54. The van der Waals surface area contributed by atoms with Gasteiger partial charge in [-0.1, -0.05) is 25.1 Å². The molecule has 56 heavy (non-hydrogen) atoms. The number of ether oxygens (including phenoxy) is 1. The van der Waals surface area contributed by atoms with Gasteiger partial charge in [0.1, 0.15) is 11.6 Å². The van der Waals surface area contributed by atoms with Crippen molar-refractivity contribution in [3.63, 3.8) is 0 Å². The number of carbonyl (C=O) groups is 2. The molecule has 300 valence electrons. The number of hydrogen-bond acceptors (Lipinski definition) is 9. The predicted octanol–water partition coefficient (Wildman–Crippen LogP) is 5.73. The van der Waals surface area contributed by atoms with Crippen molar-refractivity contribution < 1.29 is 35.9 Å². The molecule has 1 aliphatic carbocycles. The molecule has 0 radical (unpaired) electrons. The van der Waals surface area contributed by atoms with Crippen molar-refractivity contribution in [3.8, 4) is 0 Å². The van der Waals surface area contributed by atoms with Crippen molar-refractivity contribution in [3.05, 3.63) is 90.8 Å².